The molecule has 6 heteroatoms. The van der Waals surface area contributed by atoms with Gasteiger partial charge in [-0.15, -0.1) is 0 Å². The van der Waals surface area contributed by atoms with Crippen LogP contribution in [0.3, 0.4) is 0 Å². The Hall–Kier alpha value is -2.99. The summed E-state index contributed by atoms with van der Waals surface area (Å²) in [5.74, 6) is -0.0941. The summed E-state index contributed by atoms with van der Waals surface area (Å²) >= 11 is 0. The Bertz CT molecular complexity index is 956. The van der Waals surface area contributed by atoms with Gasteiger partial charge in [0, 0.05) is 25.8 Å². The highest BCUT2D eigenvalue weighted by Gasteiger charge is 2.21. The number of carbonyl (C=O) groups excluding carboxylic acids is 1. The zero-order valence-corrected chi connectivity index (χ0v) is 16.3. The second kappa shape index (κ2) is 9.01. The Morgan fingerprint density at radius 1 is 1.14 bits per heavy atom. The molecule has 1 aliphatic heterocycles. The summed E-state index contributed by atoms with van der Waals surface area (Å²) in [6, 6.07) is 18.3. The molecule has 0 aliphatic carbocycles. The summed E-state index contributed by atoms with van der Waals surface area (Å²) in [6.45, 7) is 3.66. The van der Waals surface area contributed by atoms with Gasteiger partial charge in [-0.3, -0.25) is 9.69 Å². The number of benzene rings is 2. The van der Waals surface area contributed by atoms with E-state index in [0.29, 0.717) is 23.8 Å². The van der Waals surface area contributed by atoms with Crippen molar-refractivity contribution in [2.45, 2.75) is 19.4 Å². The number of hydrogen-bond donors (Lipinski definition) is 1. The lowest BCUT2D eigenvalue weighted by atomic mass is 9.97. The van der Waals surface area contributed by atoms with E-state index in [1.54, 1.807) is 24.4 Å². The molecule has 0 saturated carbocycles. The van der Waals surface area contributed by atoms with E-state index in [4.69, 9.17) is 0 Å². The second-order valence-electron chi connectivity index (χ2n) is 7.56. The highest BCUT2D eigenvalue weighted by atomic mass is 19.1. The van der Waals surface area contributed by atoms with Crippen molar-refractivity contribution in [3.8, 4) is 5.69 Å². The minimum atomic E-state index is -0.332. The van der Waals surface area contributed by atoms with Gasteiger partial charge in [-0.2, -0.15) is 5.10 Å². The Labute approximate surface area is 170 Å². The first-order chi connectivity index (χ1) is 14.2. The fraction of sp³-hybridized carbons (Fsp3) is 0.304. The fourth-order valence-electron chi connectivity index (χ4n) is 3.84. The maximum atomic E-state index is 13.4. The first kappa shape index (κ1) is 19.3. The number of aromatic nitrogens is 2. The van der Waals surface area contributed by atoms with Crippen LogP contribution in [0.1, 0.15) is 28.9 Å². The minimum absolute atomic E-state index is 0.194. The lowest BCUT2D eigenvalue weighted by Crippen LogP contribution is -2.40. The van der Waals surface area contributed by atoms with Crippen molar-refractivity contribution in [1.29, 1.82) is 0 Å². The monoisotopic (exact) mass is 392 g/mol. The molecule has 1 aromatic heterocycles. The molecule has 1 unspecified atom stereocenters. The fourth-order valence-corrected chi connectivity index (χ4v) is 3.84. The third-order valence-corrected chi connectivity index (χ3v) is 5.30. The number of likely N-dealkylation sites (tertiary alicyclic amines) is 1. The average molecular weight is 392 g/mol. The van der Waals surface area contributed by atoms with E-state index in [-0.39, 0.29) is 11.7 Å². The van der Waals surface area contributed by atoms with Gasteiger partial charge in [0.25, 0.3) is 5.91 Å². The van der Waals surface area contributed by atoms with E-state index in [0.717, 1.165) is 32.5 Å². The number of halogens is 1. The molecule has 3 aromatic rings. The zero-order chi connectivity index (χ0) is 20.1. The Morgan fingerprint density at radius 3 is 2.83 bits per heavy atom. The lowest BCUT2D eigenvalue weighted by Gasteiger charge is -2.32. The van der Waals surface area contributed by atoms with Crippen molar-refractivity contribution < 1.29 is 9.18 Å². The Morgan fingerprint density at radius 2 is 2.00 bits per heavy atom. The van der Waals surface area contributed by atoms with Crippen molar-refractivity contribution in [3.05, 3.63) is 83.9 Å². The summed E-state index contributed by atoms with van der Waals surface area (Å²) < 4.78 is 14.9. The Balaban J connectivity index is 1.30. The van der Waals surface area contributed by atoms with Gasteiger partial charge >= 0.3 is 0 Å². The summed E-state index contributed by atoms with van der Waals surface area (Å²) in [5, 5.41) is 7.30. The minimum Gasteiger partial charge on any atom is -0.350 e. The number of carbonyl (C=O) groups is 1. The third-order valence-electron chi connectivity index (χ3n) is 5.30. The molecule has 0 spiro atoms. The van der Waals surface area contributed by atoms with Gasteiger partial charge in [0.15, 0.2) is 5.69 Å². The molecule has 4 rings (SSSR count). The first-order valence-corrected chi connectivity index (χ1v) is 10.0. The van der Waals surface area contributed by atoms with Crippen LogP contribution in [0, 0.1) is 11.7 Å². The van der Waals surface area contributed by atoms with Crippen LogP contribution in [0.5, 0.6) is 0 Å². The second-order valence-corrected chi connectivity index (χ2v) is 7.56. The highest BCUT2D eigenvalue weighted by Crippen LogP contribution is 2.18. The Kier molecular flexibility index (Phi) is 6.00. The number of hydrogen-bond acceptors (Lipinski definition) is 3. The van der Waals surface area contributed by atoms with Crippen LogP contribution >= 0.6 is 0 Å². The summed E-state index contributed by atoms with van der Waals surface area (Å²) in [5.41, 5.74) is 2.25. The van der Waals surface area contributed by atoms with E-state index in [1.165, 1.54) is 22.4 Å². The number of nitrogens with zero attached hydrogens (tertiary/aromatic N) is 3. The van der Waals surface area contributed by atoms with Crippen LogP contribution in [-0.2, 0) is 6.54 Å². The maximum Gasteiger partial charge on any atom is 0.271 e. The largest absolute Gasteiger partial charge is 0.350 e. The van der Waals surface area contributed by atoms with Crippen LogP contribution in [0.4, 0.5) is 4.39 Å². The van der Waals surface area contributed by atoms with E-state index in [9.17, 15) is 9.18 Å². The van der Waals surface area contributed by atoms with Gasteiger partial charge in [0.1, 0.15) is 5.82 Å². The molecule has 1 atom stereocenters. The molecule has 1 fully saturated rings. The van der Waals surface area contributed by atoms with E-state index in [2.05, 4.69) is 39.6 Å². The van der Waals surface area contributed by atoms with Gasteiger partial charge in [-0.25, -0.2) is 9.07 Å². The van der Waals surface area contributed by atoms with Crippen LogP contribution in [0.25, 0.3) is 5.69 Å². The summed E-state index contributed by atoms with van der Waals surface area (Å²) in [7, 11) is 0. The van der Waals surface area contributed by atoms with Crippen molar-refractivity contribution in [2.24, 2.45) is 5.92 Å². The normalized spacial score (nSPS) is 17.2. The molecule has 29 heavy (non-hydrogen) atoms. The molecule has 150 valence electrons. The van der Waals surface area contributed by atoms with Crippen molar-refractivity contribution in [3.63, 3.8) is 0 Å². The molecule has 0 bridgehead atoms. The molecule has 0 radical (unpaired) electrons. The number of rotatable bonds is 6. The van der Waals surface area contributed by atoms with Gasteiger partial charge in [0.2, 0.25) is 0 Å². The van der Waals surface area contributed by atoms with Crippen LogP contribution < -0.4 is 5.32 Å². The van der Waals surface area contributed by atoms with Crippen molar-refractivity contribution in [1.82, 2.24) is 20.0 Å². The van der Waals surface area contributed by atoms with Gasteiger partial charge < -0.3 is 5.32 Å². The molecule has 2 heterocycles. The van der Waals surface area contributed by atoms with E-state index >= 15 is 0 Å². The average Bonchev–Trinajstić information content (AvgIpc) is 3.24. The van der Waals surface area contributed by atoms with E-state index < -0.39 is 0 Å². The van der Waals surface area contributed by atoms with Gasteiger partial charge in [-0.05, 0) is 55.1 Å². The number of amides is 1. The quantitative estimate of drug-likeness (QED) is 0.697. The SMILES string of the molecule is O=C(NCC1CCCN(Cc2ccccc2)C1)c1ccn(-c2cccc(F)c2)n1. The predicted molar refractivity (Wildman–Crippen MR) is 110 cm³/mol. The van der Waals surface area contributed by atoms with Crippen molar-refractivity contribution in [2.75, 3.05) is 19.6 Å². The predicted octanol–water partition coefficient (Wildman–Crippen LogP) is 3.65. The van der Waals surface area contributed by atoms with Crippen LogP contribution in [-0.4, -0.2) is 40.2 Å². The molecule has 5 nitrogen and oxygen atoms in total. The zero-order valence-electron chi connectivity index (χ0n) is 16.3. The molecular weight excluding hydrogens is 367 g/mol. The maximum absolute atomic E-state index is 13.4. The number of piperidine rings is 1. The molecule has 1 saturated heterocycles. The molecular formula is C23H25FN4O. The first-order valence-electron chi connectivity index (χ1n) is 10.0. The summed E-state index contributed by atoms with van der Waals surface area (Å²) in [6.07, 6.45) is 3.93. The molecule has 1 N–H and O–H groups in total. The smallest absolute Gasteiger partial charge is 0.271 e. The molecule has 1 amide bonds. The lowest BCUT2D eigenvalue weighted by molar-refractivity contribution is 0.0925. The third kappa shape index (κ3) is 5.09. The van der Waals surface area contributed by atoms with Gasteiger partial charge in [0.05, 0.1) is 5.69 Å². The van der Waals surface area contributed by atoms with E-state index in [1.807, 2.05) is 6.07 Å². The molecule has 2 aromatic carbocycles. The van der Waals surface area contributed by atoms with Crippen LogP contribution in [0.15, 0.2) is 66.9 Å². The number of nitrogens with one attached hydrogen (secondary N) is 1. The van der Waals surface area contributed by atoms with Crippen LogP contribution in [0.2, 0.25) is 0 Å². The van der Waals surface area contributed by atoms with Gasteiger partial charge in [-0.1, -0.05) is 36.4 Å². The molecule has 1 aliphatic rings. The topological polar surface area (TPSA) is 50.2 Å². The summed E-state index contributed by atoms with van der Waals surface area (Å²) in [4.78, 5) is 14.9. The standard InChI is InChI=1S/C23H25FN4O/c24-20-9-4-10-21(14-20)28-13-11-22(26-28)23(29)25-15-19-8-5-12-27(17-19)16-18-6-2-1-3-7-18/h1-4,6-7,9-11,13-14,19H,5,8,12,15-17H2,(H,25,29). The van der Waals surface area contributed by atoms with Crippen molar-refractivity contribution >= 4 is 5.91 Å². The highest BCUT2D eigenvalue weighted by molar-refractivity contribution is 5.92.